The van der Waals surface area contributed by atoms with E-state index in [2.05, 4.69) is 0 Å². The Morgan fingerprint density at radius 1 is 1.16 bits per heavy atom. The van der Waals surface area contributed by atoms with Crippen molar-refractivity contribution in [1.29, 1.82) is 5.26 Å². The predicted octanol–water partition coefficient (Wildman–Crippen LogP) is 2.35. The third-order valence-corrected chi connectivity index (χ3v) is 2.56. The first-order valence-corrected chi connectivity index (χ1v) is 5.98. The highest BCUT2D eigenvalue weighted by Gasteiger charge is 2.14. The minimum atomic E-state index is 0.193. The van der Waals surface area contributed by atoms with Crippen LogP contribution in [0.2, 0.25) is 0 Å². The van der Waals surface area contributed by atoms with E-state index in [0.29, 0.717) is 37.8 Å². The fraction of sp³-hybridized carbons (Fsp3) is 0.357. The summed E-state index contributed by atoms with van der Waals surface area (Å²) in [5.41, 5.74) is 0.648. The maximum atomic E-state index is 9.02. The van der Waals surface area contributed by atoms with Crippen molar-refractivity contribution in [2.45, 2.75) is 0 Å². The summed E-state index contributed by atoms with van der Waals surface area (Å²) in [4.78, 5) is 0. The largest absolute Gasteiger partial charge is 0.486 e. The van der Waals surface area contributed by atoms with Gasteiger partial charge in [0.15, 0.2) is 5.75 Å². The van der Waals surface area contributed by atoms with Gasteiger partial charge in [-0.1, -0.05) is 12.1 Å². The van der Waals surface area contributed by atoms with Crippen molar-refractivity contribution in [3.63, 3.8) is 0 Å². The standard InChI is InChI=1S/C14H15NO4/c1-16-6-7-17-8-9-18-14-11-4-2-3-5-12(11)19-13(14)10-15/h2-5H,6-9H2,1H3. The van der Waals surface area contributed by atoms with Gasteiger partial charge in [-0.15, -0.1) is 0 Å². The monoisotopic (exact) mass is 261 g/mol. The molecule has 19 heavy (non-hydrogen) atoms. The topological polar surface area (TPSA) is 64.6 Å². The van der Waals surface area contributed by atoms with Crippen LogP contribution in [-0.4, -0.2) is 33.5 Å². The molecule has 0 aliphatic heterocycles. The number of hydrogen-bond donors (Lipinski definition) is 0. The molecule has 0 amide bonds. The second-order valence-corrected chi connectivity index (χ2v) is 3.82. The molecule has 0 aliphatic carbocycles. The van der Waals surface area contributed by atoms with Gasteiger partial charge < -0.3 is 18.6 Å². The van der Waals surface area contributed by atoms with Gasteiger partial charge in [0.25, 0.3) is 0 Å². The average Bonchev–Trinajstić information content (AvgIpc) is 2.81. The average molecular weight is 261 g/mol. The summed E-state index contributed by atoms with van der Waals surface area (Å²) >= 11 is 0. The molecule has 2 aromatic rings. The van der Waals surface area contributed by atoms with Crippen molar-refractivity contribution in [1.82, 2.24) is 0 Å². The van der Waals surface area contributed by atoms with Crippen molar-refractivity contribution in [2.24, 2.45) is 0 Å². The third kappa shape index (κ3) is 3.25. The molecule has 0 radical (unpaired) electrons. The number of nitriles is 1. The van der Waals surface area contributed by atoms with Gasteiger partial charge in [0.2, 0.25) is 5.76 Å². The van der Waals surface area contributed by atoms with Crippen LogP contribution in [-0.2, 0) is 9.47 Å². The van der Waals surface area contributed by atoms with Crippen LogP contribution in [0, 0.1) is 11.3 Å². The molecule has 0 aliphatic rings. The number of para-hydroxylation sites is 1. The Balaban J connectivity index is 1.98. The molecule has 1 aromatic heterocycles. The van der Waals surface area contributed by atoms with E-state index in [1.807, 2.05) is 24.3 Å². The fourth-order valence-electron chi connectivity index (χ4n) is 1.69. The number of fused-ring (bicyclic) bond motifs is 1. The van der Waals surface area contributed by atoms with E-state index in [9.17, 15) is 0 Å². The Hall–Kier alpha value is -2.03. The fourth-order valence-corrected chi connectivity index (χ4v) is 1.69. The molecule has 2 rings (SSSR count). The van der Waals surface area contributed by atoms with Gasteiger partial charge in [0.05, 0.1) is 25.2 Å². The van der Waals surface area contributed by atoms with E-state index >= 15 is 0 Å². The maximum Gasteiger partial charge on any atom is 0.246 e. The Morgan fingerprint density at radius 3 is 2.74 bits per heavy atom. The highest BCUT2D eigenvalue weighted by molar-refractivity contribution is 5.86. The Bertz CT molecular complexity index is 570. The SMILES string of the molecule is COCCOCCOc1c(C#N)oc2ccccc12. The van der Waals surface area contributed by atoms with Crippen molar-refractivity contribution in [3.8, 4) is 11.8 Å². The quantitative estimate of drug-likeness (QED) is 0.716. The number of furan rings is 1. The Kier molecular flexibility index (Phi) is 4.78. The highest BCUT2D eigenvalue weighted by atomic mass is 16.5. The van der Waals surface area contributed by atoms with Crippen LogP contribution in [0.15, 0.2) is 28.7 Å². The number of nitrogens with zero attached hydrogens (tertiary/aromatic N) is 1. The molecule has 0 spiro atoms. The molecule has 5 heteroatoms. The summed E-state index contributed by atoms with van der Waals surface area (Å²) < 4.78 is 21.1. The zero-order valence-corrected chi connectivity index (χ0v) is 10.7. The first-order chi connectivity index (χ1) is 9.36. The van der Waals surface area contributed by atoms with Crippen molar-refractivity contribution in [2.75, 3.05) is 33.5 Å². The molecule has 0 saturated carbocycles. The van der Waals surface area contributed by atoms with E-state index in [1.54, 1.807) is 13.2 Å². The predicted molar refractivity (Wildman–Crippen MR) is 69.1 cm³/mol. The number of ether oxygens (including phenoxy) is 3. The second-order valence-electron chi connectivity index (χ2n) is 3.82. The van der Waals surface area contributed by atoms with Crippen molar-refractivity contribution < 1.29 is 18.6 Å². The van der Waals surface area contributed by atoms with E-state index in [1.165, 1.54) is 0 Å². The molecule has 0 atom stereocenters. The van der Waals surface area contributed by atoms with Crippen LogP contribution in [0.1, 0.15) is 5.76 Å². The van der Waals surface area contributed by atoms with Crippen LogP contribution >= 0.6 is 0 Å². The molecular formula is C14H15NO4. The molecular weight excluding hydrogens is 246 g/mol. The smallest absolute Gasteiger partial charge is 0.246 e. The Labute approximate surface area is 111 Å². The van der Waals surface area contributed by atoms with Gasteiger partial charge in [-0.2, -0.15) is 5.26 Å². The minimum Gasteiger partial charge on any atom is -0.486 e. The molecule has 0 fully saturated rings. The van der Waals surface area contributed by atoms with Crippen LogP contribution in [0.4, 0.5) is 0 Å². The Morgan fingerprint density at radius 2 is 1.95 bits per heavy atom. The summed E-state index contributed by atoms with van der Waals surface area (Å²) in [5, 5.41) is 9.82. The van der Waals surface area contributed by atoms with Gasteiger partial charge in [-0.05, 0) is 12.1 Å². The number of rotatable bonds is 7. The van der Waals surface area contributed by atoms with Gasteiger partial charge in [-0.3, -0.25) is 0 Å². The molecule has 1 aromatic carbocycles. The maximum absolute atomic E-state index is 9.02. The van der Waals surface area contributed by atoms with Crippen LogP contribution in [0.5, 0.6) is 5.75 Å². The van der Waals surface area contributed by atoms with Gasteiger partial charge in [-0.25, -0.2) is 0 Å². The third-order valence-electron chi connectivity index (χ3n) is 2.56. The zero-order chi connectivity index (χ0) is 13.5. The first-order valence-electron chi connectivity index (χ1n) is 5.98. The van der Waals surface area contributed by atoms with Gasteiger partial charge in [0, 0.05) is 7.11 Å². The van der Waals surface area contributed by atoms with Crippen LogP contribution in [0.25, 0.3) is 11.0 Å². The molecule has 0 unspecified atom stereocenters. The molecule has 0 bridgehead atoms. The van der Waals surface area contributed by atoms with E-state index in [0.717, 1.165) is 5.39 Å². The number of methoxy groups -OCH3 is 1. The highest BCUT2D eigenvalue weighted by Crippen LogP contribution is 2.32. The first kappa shape index (κ1) is 13.4. The summed E-state index contributed by atoms with van der Waals surface area (Å²) in [6.07, 6.45) is 0. The minimum absolute atomic E-state index is 0.193. The van der Waals surface area contributed by atoms with Gasteiger partial charge >= 0.3 is 0 Å². The normalized spacial score (nSPS) is 10.5. The second kappa shape index (κ2) is 6.78. The molecule has 0 saturated heterocycles. The summed E-state index contributed by atoms with van der Waals surface area (Å²) in [6, 6.07) is 9.39. The zero-order valence-electron chi connectivity index (χ0n) is 10.7. The van der Waals surface area contributed by atoms with E-state index in [-0.39, 0.29) is 5.76 Å². The lowest BCUT2D eigenvalue weighted by Gasteiger charge is -2.05. The molecule has 0 N–H and O–H groups in total. The number of hydrogen-bond acceptors (Lipinski definition) is 5. The summed E-state index contributed by atoms with van der Waals surface area (Å²) in [6.45, 7) is 1.88. The lowest BCUT2D eigenvalue weighted by atomic mass is 10.2. The lowest BCUT2D eigenvalue weighted by molar-refractivity contribution is 0.0545. The summed E-state index contributed by atoms with van der Waals surface area (Å²) in [7, 11) is 1.62. The van der Waals surface area contributed by atoms with Crippen LogP contribution < -0.4 is 4.74 Å². The van der Waals surface area contributed by atoms with Crippen molar-refractivity contribution in [3.05, 3.63) is 30.0 Å². The molecule has 100 valence electrons. The van der Waals surface area contributed by atoms with Crippen LogP contribution in [0.3, 0.4) is 0 Å². The van der Waals surface area contributed by atoms with Crippen molar-refractivity contribution >= 4 is 11.0 Å². The number of benzene rings is 1. The summed E-state index contributed by atoms with van der Waals surface area (Å²) in [5.74, 6) is 0.673. The molecule has 1 heterocycles. The lowest BCUT2D eigenvalue weighted by Crippen LogP contribution is -2.10. The van der Waals surface area contributed by atoms with E-state index < -0.39 is 0 Å². The van der Waals surface area contributed by atoms with Gasteiger partial charge in [0.1, 0.15) is 18.3 Å². The molecule has 5 nitrogen and oxygen atoms in total. The van der Waals surface area contributed by atoms with E-state index in [4.69, 9.17) is 23.9 Å².